The van der Waals surface area contributed by atoms with Crippen molar-refractivity contribution in [3.63, 3.8) is 0 Å². The molecule has 0 bridgehead atoms. The van der Waals surface area contributed by atoms with Gasteiger partial charge in [-0.05, 0) is 49.4 Å². The SMILES string of the molecule is Cc1c(N)c(NCCS(=O)(=O)CCO)nc(NCCO)c1N=Nc1ccc(N=Nc2ccc(S(=O)(=O)O)cc2)cc1S(=O)(=O)O. The van der Waals surface area contributed by atoms with E-state index in [0.717, 1.165) is 18.2 Å². The molecule has 0 saturated heterocycles. The van der Waals surface area contributed by atoms with Crippen LogP contribution in [0.2, 0.25) is 0 Å². The number of azo groups is 2. The van der Waals surface area contributed by atoms with Gasteiger partial charge in [-0.1, -0.05) is 0 Å². The second kappa shape index (κ2) is 14.8. The molecule has 21 heteroatoms. The molecule has 3 rings (SSSR count). The molecule has 0 saturated carbocycles. The number of rotatable bonds is 15. The molecular formula is C24H30N8O10S3. The van der Waals surface area contributed by atoms with Gasteiger partial charge in [0.1, 0.15) is 16.3 Å². The van der Waals surface area contributed by atoms with Crippen molar-refractivity contribution in [3.05, 3.63) is 48.0 Å². The summed E-state index contributed by atoms with van der Waals surface area (Å²) in [6, 6.07) is 8.18. The smallest absolute Gasteiger partial charge is 0.296 e. The average Bonchev–Trinajstić information content (AvgIpc) is 2.96. The maximum Gasteiger partial charge on any atom is 0.296 e. The maximum absolute atomic E-state index is 12.2. The van der Waals surface area contributed by atoms with Gasteiger partial charge in [0.2, 0.25) is 0 Å². The van der Waals surface area contributed by atoms with Crippen molar-refractivity contribution in [2.45, 2.75) is 16.7 Å². The van der Waals surface area contributed by atoms with E-state index in [4.69, 9.17) is 15.4 Å². The molecule has 0 unspecified atom stereocenters. The lowest BCUT2D eigenvalue weighted by molar-refractivity contribution is 0.311. The summed E-state index contributed by atoms with van der Waals surface area (Å²) in [5, 5.41) is 39.6. The van der Waals surface area contributed by atoms with E-state index in [0.29, 0.717) is 5.56 Å². The van der Waals surface area contributed by atoms with Gasteiger partial charge in [0, 0.05) is 18.7 Å². The molecule has 8 N–H and O–H groups in total. The fourth-order valence-electron chi connectivity index (χ4n) is 3.59. The van der Waals surface area contributed by atoms with E-state index in [9.17, 15) is 34.9 Å². The normalized spacial score (nSPS) is 12.6. The highest BCUT2D eigenvalue weighted by Gasteiger charge is 2.19. The van der Waals surface area contributed by atoms with Crippen molar-refractivity contribution in [1.82, 2.24) is 4.98 Å². The Hall–Kier alpha value is -4.12. The third-order valence-corrected chi connectivity index (χ3v) is 9.25. The van der Waals surface area contributed by atoms with Crippen molar-refractivity contribution in [1.29, 1.82) is 0 Å². The Labute approximate surface area is 258 Å². The van der Waals surface area contributed by atoms with E-state index in [1.807, 2.05) is 0 Å². The molecule has 45 heavy (non-hydrogen) atoms. The Kier molecular flexibility index (Phi) is 11.6. The quantitative estimate of drug-likeness (QED) is 0.0893. The number of nitrogen functional groups attached to an aromatic ring is 1. The van der Waals surface area contributed by atoms with Gasteiger partial charge in [-0.3, -0.25) is 9.11 Å². The van der Waals surface area contributed by atoms with E-state index in [-0.39, 0.29) is 70.4 Å². The lowest BCUT2D eigenvalue weighted by atomic mass is 10.2. The van der Waals surface area contributed by atoms with Crippen LogP contribution in [-0.4, -0.2) is 87.4 Å². The van der Waals surface area contributed by atoms with Crippen LogP contribution in [-0.2, 0) is 30.1 Å². The lowest BCUT2D eigenvalue weighted by Crippen LogP contribution is -2.21. The predicted octanol–water partition coefficient (Wildman–Crippen LogP) is 2.52. The van der Waals surface area contributed by atoms with E-state index in [1.165, 1.54) is 24.3 Å². The molecule has 3 aromatic rings. The first kappa shape index (κ1) is 35.4. The third kappa shape index (κ3) is 9.94. The van der Waals surface area contributed by atoms with Crippen molar-refractivity contribution < 1.29 is 44.6 Å². The molecule has 0 aliphatic rings. The number of aromatic nitrogens is 1. The zero-order chi connectivity index (χ0) is 33.4. The number of aliphatic hydroxyl groups excluding tert-OH is 2. The van der Waals surface area contributed by atoms with Crippen LogP contribution >= 0.6 is 0 Å². The number of hydrogen-bond donors (Lipinski definition) is 7. The fraction of sp³-hybridized carbons (Fsp3) is 0.292. The summed E-state index contributed by atoms with van der Waals surface area (Å²) in [4.78, 5) is 3.28. The van der Waals surface area contributed by atoms with Crippen LogP contribution in [0.15, 0.2) is 72.7 Å². The minimum Gasteiger partial charge on any atom is -0.395 e. The molecule has 2 aromatic carbocycles. The molecule has 244 valence electrons. The van der Waals surface area contributed by atoms with E-state index >= 15 is 0 Å². The number of sulfone groups is 1. The molecular weight excluding hydrogens is 657 g/mol. The molecule has 0 aliphatic carbocycles. The van der Waals surface area contributed by atoms with Gasteiger partial charge in [0.25, 0.3) is 20.2 Å². The molecule has 1 aromatic heterocycles. The summed E-state index contributed by atoms with van der Waals surface area (Å²) < 4.78 is 89.4. The molecule has 0 fully saturated rings. The number of aliphatic hydroxyl groups is 2. The Bertz CT molecular complexity index is 1920. The Morgan fingerprint density at radius 3 is 1.98 bits per heavy atom. The molecule has 0 radical (unpaired) electrons. The standard InChI is InChI=1S/C24H30N8O10S3/c1-15-21(25)23(27-9-12-43(35,36)13-11-34)28-24(26-8-10-33)22(15)32-31-19-7-4-17(14-20(19)45(40,41)42)30-29-16-2-5-18(6-3-16)44(37,38)39/h2-7,14,33-34H,8-13,25H2,1H3,(H2,26,27,28)(H,37,38,39)(H,40,41,42). The van der Waals surface area contributed by atoms with Crippen molar-refractivity contribution in [3.8, 4) is 0 Å². The zero-order valence-corrected chi connectivity index (χ0v) is 26.0. The summed E-state index contributed by atoms with van der Waals surface area (Å²) in [5.41, 5.74) is 6.49. The lowest BCUT2D eigenvalue weighted by Gasteiger charge is -2.16. The molecule has 18 nitrogen and oxygen atoms in total. The van der Waals surface area contributed by atoms with Crippen LogP contribution in [0.1, 0.15) is 5.56 Å². The van der Waals surface area contributed by atoms with Crippen molar-refractivity contribution in [2.24, 2.45) is 20.5 Å². The Balaban J connectivity index is 1.94. The van der Waals surface area contributed by atoms with Crippen molar-refractivity contribution >= 4 is 70.1 Å². The summed E-state index contributed by atoms with van der Waals surface area (Å²) in [6.45, 7) is 0.698. The number of anilines is 3. The van der Waals surface area contributed by atoms with Gasteiger partial charge in [0.15, 0.2) is 21.5 Å². The summed E-state index contributed by atoms with van der Waals surface area (Å²) in [7, 11) is -12.8. The fourth-order valence-corrected chi connectivity index (χ4v) is 5.61. The molecule has 1 heterocycles. The maximum atomic E-state index is 12.2. The monoisotopic (exact) mass is 686 g/mol. The van der Waals surface area contributed by atoms with Gasteiger partial charge >= 0.3 is 0 Å². The minimum atomic E-state index is -4.85. The number of nitrogens with one attached hydrogen (secondary N) is 2. The second-order valence-corrected chi connectivity index (χ2v) is 14.3. The first-order valence-electron chi connectivity index (χ1n) is 12.8. The highest BCUT2D eigenvalue weighted by molar-refractivity contribution is 7.91. The highest BCUT2D eigenvalue weighted by Crippen LogP contribution is 2.38. The number of hydrogen-bond acceptors (Lipinski definition) is 16. The number of nitrogens with zero attached hydrogens (tertiary/aromatic N) is 5. The van der Waals surface area contributed by atoms with E-state index < -0.39 is 47.3 Å². The molecule has 0 spiro atoms. The van der Waals surface area contributed by atoms with E-state index in [2.05, 4.69) is 36.1 Å². The van der Waals surface area contributed by atoms with Crippen LogP contribution < -0.4 is 16.4 Å². The Morgan fingerprint density at radius 1 is 0.756 bits per heavy atom. The van der Waals surface area contributed by atoms with Crippen LogP contribution in [0.5, 0.6) is 0 Å². The van der Waals surface area contributed by atoms with Crippen LogP contribution in [0.3, 0.4) is 0 Å². The zero-order valence-electron chi connectivity index (χ0n) is 23.6. The third-order valence-electron chi connectivity index (χ3n) is 5.87. The first-order valence-corrected chi connectivity index (χ1v) is 17.5. The highest BCUT2D eigenvalue weighted by atomic mass is 32.2. The summed E-state index contributed by atoms with van der Waals surface area (Å²) in [5.74, 6) is -0.531. The van der Waals surface area contributed by atoms with Gasteiger partial charge in [-0.15, -0.1) is 10.2 Å². The van der Waals surface area contributed by atoms with E-state index in [1.54, 1.807) is 6.92 Å². The van der Waals surface area contributed by atoms with Crippen molar-refractivity contribution in [2.75, 3.05) is 54.2 Å². The van der Waals surface area contributed by atoms with Gasteiger partial charge in [-0.2, -0.15) is 27.1 Å². The van der Waals surface area contributed by atoms with Crippen LogP contribution in [0.25, 0.3) is 0 Å². The largest absolute Gasteiger partial charge is 0.395 e. The first-order chi connectivity index (χ1) is 21.1. The van der Waals surface area contributed by atoms with Crippen LogP contribution in [0.4, 0.5) is 40.1 Å². The minimum absolute atomic E-state index is 0.0238. The molecule has 0 amide bonds. The topological polar surface area (TPSA) is 296 Å². The van der Waals surface area contributed by atoms with Crippen LogP contribution in [0, 0.1) is 6.92 Å². The predicted molar refractivity (Wildman–Crippen MR) is 164 cm³/mol. The van der Waals surface area contributed by atoms with Gasteiger partial charge < -0.3 is 26.6 Å². The summed E-state index contributed by atoms with van der Waals surface area (Å²) in [6.07, 6.45) is 0. The molecule has 0 atom stereocenters. The average molecular weight is 687 g/mol. The number of nitrogens with two attached hydrogens (primary N) is 1. The Morgan fingerprint density at radius 2 is 1.38 bits per heavy atom. The number of benzene rings is 2. The second-order valence-electron chi connectivity index (χ2n) is 9.14. The molecule has 0 aliphatic heterocycles. The van der Waals surface area contributed by atoms with Gasteiger partial charge in [-0.25, -0.2) is 13.4 Å². The number of pyridine rings is 1. The van der Waals surface area contributed by atoms with Gasteiger partial charge in [0.05, 0.1) is 46.7 Å². The summed E-state index contributed by atoms with van der Waals surface area (Å²) >= 11 is 0.